The van der Waals surface area contributed by atoms with Crippen molar-refractivity contribution in [2.24, 2.45) is 0 Å². The molecule has 1 N–H and O–H groups in total. The van der Waals surface area contributed by atoms with Crippen LogP contribution in [0.3, 0.4) is 0 Å². The molecule has 2 unspecified atom stereocenters. The van der Waals surface area contributed by atoms with Gasteiger partial charge in [0.15, 0.2) is 0 Å². The van der Waals surface area contributed by atoms with Gasteiger partial charge in [0, 0.05) is 12.6 Å². The number of hydrogen-bond donors (Lipinski definition) is 1. The molecule has 0 aliphatic heterocycles. The summed E-state index contributed by atoms with van der Waals surface area (Å²) in [4.78, 5) is 13.6. The van der Waals surface area contributed by atoms with Crippen LogP contribution >= 0.6 is 0 Å². The van der Waals surface area contributed by atoms with Gasteiger partial charge in [0.1, 0.15) is 0 Å². The third-order valence-electron chi connectivity index (χ3n) is 4.42. The van der Waals surface area contributed by atoms with E-state index >= 15 is 0 Å². The Kier molecular flexibility index (Phi) is 7.40. The van der Waals surface area contributed by atoms with Crippen LogP contribution in [0.4, 0.5) is 0 Å². The highest BCUT2D eigenvalue weighted by Gasteiger charge is 2.18. The van der Waals surface area contributed by atoms with Crippen LogP contribution in [0.2, 0.25) is 0 Å². The number of rotatable bonds is 8. The van der Waals surface area contributed by atoms with Gasteiger partial charge in [0.2, 0.25) is 0 Å². The first-order valence-corrected chi connectivity index (χ1v) is 8.63. The molecular weight excluding hydrogens is 326 g/mol. The molecule has 4 heteroatoms. The van der Waals surface area contributed by atoms with Gasteiger partial charge >= 0.3 is 5.97 Å². The highest BCUT2D eigenvalue weighted by molar-refractivity contribution is 5.89. The first kappa shape index (κ1) is 19.7. The molecule has 2 aromatic rings. The van der Waals surface area contributed by atoms with Crippen molar-refractivity contribution in [1.82, 2.24) is 4.90 Å². The molecule has 0 aromatic heterocycles. The second-order valence-corrected chi connectivity index (χ2v) is 6.30. The van der Waals surface area contributed by atoms with Gasteiger partial charge in [-0.05, 0) is 36.6 Å². The smallest absolute Gasteiger partial charge is 0.337 e. The summed E-state index contributed by atoms with van der Waals surface area (Å²) in [5.41, 5.74) is 2.51. The number of methoxy groups -OCH3 is 1. The average molecular weight is 351 g/mol. The molecule has 0 bridgehead atoms. The molecule has 0 heterocycles. The van der Waals surface area contributed by atoms with Gasteiger partial charge < -0.3 is 9.84 Å². The number of terminal acetylenes is 1. The zero-order chi connectivity index (χ0) is 18.9. The quantitative estimate of drug-likeness (QED) is 0.587. The third-order valence-corrected chi connectivity index (χ3v) is 4.42. The van der Waals surface area contributed by atoms with Crippen LogP contribution in [0.25, 0.3) is 0 Å². The van der Waals surface area contributed by atoms with Crippen LogP contribution in [0.1, 0.15) is 34.5 Å². The van der Waals surface area contributed by atoms with Crippen LogP contribution in [0, 0.1) is 12.3 Å². The molecule has 0 saturated heterocycles. The summed E-state index contributed by atoms with van der Waals surface area (Å²) in [7, 11) is 1.37. The highest BCUT2D eigenvalue weighted by atomic mass is 16.5. The van der Waals surface area contributed by atoms with Crippen molar-refractivity contribution in [3.8, 4) is 12.3 Å². The topological polar surface area (TPSA) is 49.8 Å². The van der Waals surface area contributed by atoms with Crippen molar-refractivity contribution in [2.45, 2.75) is 25.5 Å². The minimum atomic E-state index is -0.589. The molecule has 0 fully saturated rings. The lowest BCUT2D eigenvalue weighted by molar-refractivity contribution is 0.0600. The third kappa shape index (κ3) is 5.45. The Bertz CT molecular complexity index is 734. The van der Waals surface area contributed by atoms with Gasteiger partial charge in [-0.2, -0.15) is 0 Å². The number of ether oxygens (including phenoxy) is 1. The number of aliphatic hydroxyl groups is 1. The lowest BCUT2D eigenvalue weighted by atomic mass is 10.0. The van der Waals surface area contributed by atoms with E-state index < -0.39 is 6.10 Å². The van der Waals surface area contributed by atoms with E-state index in [2.05, 4.69) is 17.7 Å². The van der Waals surface area contributed by atoms with E-state index in [1.807, 2.05) is 42.5 Å². The Morgan fingerprint density at radius 3 is 2.42 bits per heavy atom. The molecule has 0 aliphatic carbocycles. The van der Waals surface area contributed by atoms with Gasteiger partial charge in [-0.1, -0.05) is 48.4 Å². The lowest BCUT2D eigenvalue weighted by Gasteiger charge is -2.29. The van der Waals surface area contributed by atoms with Crippen LogP contribution in [-0.4, -0.2) is 42.2 Å². The maximum absolute atomic E-state index is 11.5. The zero-order valence-corrected chi connectivity index (χ0v) is 15.3. The van der Waals surface area contributed by atoms with Crippen LogP contribution in [0.15, 0.2) is 54.6 Å². The number of hydrogen-bond acceptors (Lipinski definition) is 4. The van der Waals surface area contributed by atoms with Crippen LogP contribution in [-0.2, 0) is 11.2 Å². The number of aliphatic hydroxyl groups excluding tert-OH is 1. The van der Waals surface area contributed by atoms with Crippen molar-refractivity contribution >= 4 is 5.97 Å². The highest BCUT2D eigenvalue weighted by Crippen LogP contribution is 2.17. The molecular formula is C22H25NO3. The summed E-state index contributed by atoms with van der Waals surface area (Å²) < 4.78 is 4.72. The predicted molar refractivity (Wildman–Crippen MR) is 103 cm³/mol. The maximum atomic E-state index is 11.5. The second kappa shape index (κ2) is 9.76. The largest absolute Gasteiger partial charge is 0.465 e. The van der Waals surface area contributed by atoms with E-state index in [9.17, 15) is 9.90 Å². The van der Waals surface area contributed by atoms with Crippen molar-refractivity contribution < 1.29 is 14.6 Å². The summed E-state index contributed by atoms with van der Waals surface area (Å²) in [5.74, 6) is 2.33. The molecule has 0 amide bonds. The molecule has 4 nitrogen and oxygen atoms in total. The standard InChI is InChI=1S/C22H25NO3/c1-4-14-23(16-21(24)19-8-6-5-7-9-19)17(2)15-18-10-12-20(13-11-18)22(25)26-3/h1,5-13,17,21,24H,14-16H2,2-3H3. The van der Waals surface area contributed by atoms with E-state index in [1.165, 1.54) is 7.11 Å². The fourth-order valence-corrected chi connectivity index (χ4v) is 2.89. The van der Waals surface area contributed by atoms with Crippen LogP contribution < -0.4 is 0 Å². The molecule has 2 aromatic carbocycles. The molecule has 0 saturated carbocycles. The zero-order valence-electron chi connectivity index (χ0n) is 15.3. The molecule has 0 aliphatic rings. The van der Waals surface area contributed by atoms with E-state index in [0.717, 1.165) is 17.5 Å². The second-order valence-electron chi connectivity index (χ2n) is 6.30. The Morgan fingerprint density at radius 2 is 1.85 bits per heavy atom. The number of benzene rings is 2. The summed E-state index contributed by atoms with van der Waals surface area (Å²) in [6, 6.07) is 17.1. The van der Waals surface area contributed by atoms with Gasteiger partial charge in [-0.25, -0.2) is 4.79 Å². The number of carbonyl (C=O) groups is 1. The van der Waals surface area contributed by atoms with Crippen LogP contribution in [0.5, 0.6) is 0 Å². The van der Waals surface area contributed by atoms with Crippen molar-refractivity contribution in [3.05, 3.63) is 71.3 Å². The summed E-state index contributed by atoms with van der Waals surface area (Å²) in [6.45, 7) is 3.02. The molecule has 0 spiro atoms. The summed E-state index contributed by atoms with van der Waals surface area (Å²) in [5, 5.41) is 10.5. The first-order valence-electron chi connectivity index (χ1n) is 8.63. The lowest BCUT2D eigenvalue weighted by Crippen LogP contribution is -2.38. The average Bonchev–Trinajstić information content (AvgIpc) is 2.68. The predicted octanol–water partition coefficient (Wildman–Crippen LogP) is 3.07. The normalized spacial score (nSPS) is 13.0. The fraction of sp³-hybridized carbons (Fsp3) is 0.318. The Hall–Kier alpha value is -2.61. The molecule has 0 radical (unpaired) electrons. The fourth-order valence-electron chi connectivity index (χ4n) is 2.89. The first-order chi connectivity index (χ1) is 12.5. The molecule has 2 rings (SSSR count). The Morgan fingerprint density at radius 1 is 1.19 bits per heavy atom. The SMILES string of the molecule is C#CCN(CC(O)c1ccccc1)C(C)Cc1ccc(C(=O)OC)cc1. The van der Waals surface area contributed by atoms with Crippen molar-refractivity contribution in [2.75, 3.05) is 20.2 Å². The van der Waals surface area contributed by atoms with Gasteiger partial charge in [-0.3, -0.25) is 4.90 Å². The number of esters is 1. The Labute approximate surface area is 155 Å². The summed E-state index contributed by atoms with van der Waals surface area (Å²) >= 11 is 0. The summed E-state index contributed by atoms with van der Waals surface area (Å²) in [6.07, 6.45) is 5.70. The van der Waals surface area contributed by atoms with Gasteiger partial charge in [-0.15, -0.1) is 6.42 Å². The number of carbonyl (C=O) groups excluding carboxylic acids is 1. The van der Waals surface area contributed by atoms with Gasteiger partial charge in [0.05, 0.1) is 25.3 Å². The minimum absolute atomic E-state index is 0.147. The maximum Gasteiger partial charge on any atom is 0.337 e. The Balaban J connectivity index is 2.02. The van der Waals surface area contributed by atoms with E-state index in [1.54, 1.807) is 12.1 Å². The minimum Gasteiger partial charge on any atom is -0.465 e. The monoisotopic (exact) mass is 351 g/mol. The van der Waals surface area contributed by atoms with Crippen molar-refractivity contribution in [1.29, 1.82) is 0 Å². The molecule has 136 valence electrons. The van der Waals surface area contributed by atoms with E-state index in [0.29, 0.717) is 18.7 Å². The van der Waals surface area contributed by atoms with E-state index in [4.69, 9.17) is 11.2 Å². The van der Waals surface area contributed by atoms with E-state index in [-0.39, 0.29) is 12.0 Å². The van der Waals surface area contributed by atoms with Gasteiger partial charge in [0.25, 0.3) is 0 Å². The van der Waals surface area contributed by atoms with Crippen molar-refractivity contribution in [3.63, 3.8) is 0 Å². The molecule has 2 atom stereocenters. The number of nitrogens with zero attached hydrogens (tertiary/aromatic N) is 1. The molecule has 26 heavy (non-hydrogen) atoms.